The molecule has 0 unspecified atom stereocenters. The number of benzene rings is 7. The summed E-state index contributed by atoms with van der Waals surface area (Å²) in [5.41, 5.74) is 11.7. The summed E-state index contributed by atoms with van der Waals surface area (Å²) < 4.78 is 4.53. The maximum atomic E-state index is 8.18. The molecule has 2 aromatic heterocycles. The van der Waals surface area contributed by atoms with Gasteiger partial charge in [-0.05, 0) is 82.2 Å². The second kappa shape index (κ2) is 10.9. The number of hydrogen-bond donors (Lipinski definition) is 0. The summed E-state index contributed by atoms with van der Waals surface area (Å²) in [5, 5.41) is 4.48. The van der Waals surface area contributed by atoms with Crippen LogP contribution in [0, 0.1) is 13.1 Å². The van der Waals surface area contributed by atoms with Gasteiger partial charge in [0.2, 0.25) is 5.69 Å². The summed E-state index contributed by atoms with van der Waals surface area (Å²) in [6.07, 6.45) is 0. The molecule has 0 saturated carbocycles. The molecule has 0 atom stereocenters. The van der Waals surface area contributed by atoms with E-state index in [0.717, 1.165) is 55.4 Å². The first kappa shape index (κ1) is 27.4. The van der Waals surface area contributed by atoms with E-state index in [1.54, 1.807) is 0 Å². The van der Waals surface area contributed by atoms with E-state index >= 15 is 0 Å². The zero-order valence-electron chi connectivity index (χ0n) is 25.8. The van der Waals surface area contributed by atoms with Crippen molar-refractivity contribution >= 4 is 55.0 Å². The van der Waals surface area contributed by atoms with Crippen molar-refractivity contribution in [3.05, 3.63) is 181 Å². The van der Waals surface area contributed by atoms with Gasteiger partial charge >= 0.3 is 0 Å². The van der Waals surface area contributed by atoms with Gasteiger partial charge < -0.3 is 9.13 Å². The lowest BCUT2D eigenvalue weighted by molar-refractivity contribution is 1.18. The third kappa shape index (κ3) is 4.14. The summed E-state index contributed by atoms with van der Waals surface area (Å²) in [6, 6.07) is 54.5. The van der Waals surface area contributed by atoms with E-state index in [-0.39, 0.29) is 0 Å². The second-order valence-electron chi connectivity index (χ2n) is 12.0. The van der Waals surface area contributed by atoms with Gasteiger partial charge in [0.1, 0.15) is 0 Å². The van der Waals surface area contributed by atoms with E-state index in [1.165, 1.54) is 21.8 Å². The van der Waals surface area contributed by atoms with Crippen LogP contribution in [0.1, 0.15) is 0 Å². The number of hydrogen-bond acceptors (Lipinski definition) is 0. The molecule has 0 aliphatic heterocycles. The SMILES string of the molecule is [C-]#[N+]c1ccc2c(c1)c1ccccc1n2-c1c([N+]#[C-])cccc1-c1cccc(-c2ccc3c(c2)c2ccccc2n3-c2ccccc2)c1. The summed E-state index contributed by atoms with van der Waals surface area (Å²) in [5.74, 6) is 0. The average molecular weight is 611 g/mol. The van der Waals surface area contributed by atoms with Crippen LogP contribution in [0.4, 0.5) is 11.4 Å². The summed E-state index contributed by atoms with van der Waals surface area (Å²) >= 11 is 0. The lowest BCUT2D eigenvalue weighted by atomic mass is 9.96. The monoisotopic (exact) mass is 610 g/mol. The first-order valence-electron chi connectivity index (χ1n) is 15.8. The van der Waals surface area contributed by atoms with E-state index in [2.05, 4.69) is 134 Å². The number of rotatable bonds is 4. The molecule has 0 aliphatic carbocycles. The third-order valence-electron chi connectivity index (χ3n) is 9.34. The van der Waals surface area contributed by atoms with E-state index < -0.39 is 0 Å². The summed E-state index contributed by atoms with van der Waals surface area (Å²) in [6.45, 7) is 15.8. The zero-order valence-corrected chi connectivity index (χ0v) is 25.8. The fourth-order valence-corrected chi connectivity index (χ4v) is 7.23. The lowest BCUT2D eigenvalue weighted by Crippen LogP contribution is -1.98. The highest BCUT2D eigenvalue weighted by atomic mass is 15.0. The van der Waals surface area contributed by atoms with Crippen molar-refractivity contribution in [3.63, 3.8) is 0 Å². The molecule has 4 nitrogen and oxygen atoms in total. The fraction of sp³-hybridized carbons (Fsp3) is 0. The Morgan fingerprint density at radius 2 is 1.00 bits per heavy atom. The molecule has 7 aromatic carbocycles. The number of para-hydroxylation sites is 4. The fourth-order valence-electron chi connectivity index (χ4n) is 7.23. The Morgan fingerprint density at radius 1 is 0.396 bits per heavy atom. The van der Waals surface area contributed by atoms with Crippen molar-refractivity contribution in [1.82, 2.24) is 9.13 Å². The van der Waals surface area contributed by atoms with Crippen LogP contribution >= 0.6 is 0 Å². The topological polar surface area (TPSA) is 18.6 Å². The van der Waals surface area contributed by atoms with Crippen molar-refractivity contribution in [3.8, 4) is 33.6 Å². The predicted molar refractivity (Wildman–Crippen MR) is 199 cm³/mol. The van der Waals surface area contributed by atoms with Crippen LogP contribution < -0.4 is 0 Å². The normalized spacial score (nSPS) is 11.3. The van der Waals surface area contributed by atoms with Gasteiger partial charge in [-0.3, -0.25) is 0 Å². The van der Waals surface area contributed by atoms with Gasteiger partial charge in [-0.25, -0.2) is 9.69 Å². The van der Waals surface area contributed by atoms with Crippen LogP contribution in [-0.4, -0.2) is 9.13 Å². The Kier molecular flexibility index (Phi) is 6.22. The molecule has 0 fully saturated rings. The summed E-state index contributed by atoms with van der Waals surface area (Å²) in [7, 11) is 0. The third-order valence-corrected chi connectivity index (χ3v) is 9.34. The highest BCUT2D eigenvalue weighted by Crippen LogP contribution is 2.42. The molecule has 0 bridgehead atoms. The van der Waals surface area contributed by atoms with Crippen molar-refractivity contribution in [2.24, 2.45) is 0 Å². The quantitative estimate of drug-likeness (QED) is 0.177. The Morgan fingerprint density at radius 3 is 1.77 bits per heavy atom. The van der Waals surface area contributed by atoms with Crippen molar-refractivity contribution < 1.29 is 0 Å². The lowest BCUT2D eigenvalue weighted by Gasteiger charge is -2.17. The Bertz CT molecular complexity index is 2800. The Hall–Kier alpha value is -6.88. The van der Waals surface area contributed by atoms with Crippen LogP contribution in [0.3, 0.4) is 0 Å². The van der Waals surface area contributed by atoms with Crippen molar-refractivity contribution in [2.75, 3.05) is 0 Å². The minimum Gasteiger partial charge on any atom is -0.318 e. The van der Waals surface area contributed by atoms with Crippen molar-refractivity contribution in [2.45, 2.75) is 0 Å². The molecule has 0 saturated heterocycles. The van der Waals surface area contributed by atoms with E-state index in [1.807, 2.05) is 42.5 Å². The molecule has 9 aromatic rings. The molecule has 0 amide bonds. The van der Waals surface area contributed by atoms with Crippen LogP contribution in [0.5, 0.6) is 0 Å². The molecular weight excluding hydrogens is 585 g/mol. The smallest absolute Gasteiger partial charge is 0.211 e. The van der Waals surface area contributed by atoms with Gasteiger partial charge in [0.25, 0.3) is 0 Å². The predicted octanol–water partition coefficient (Wildman–Crippen LogP) is 12.3. The average Bonchev–Trinajstić information content (AvgIpc) is 3.67. The van der Waals surface area contributed by atoms with Crippen LogP contribution in [0.25, 0.3) is 86.9 Å². The molecule has 0 N–H and O–H groups in total. The molecule has 48 heavy (non-hydrogen) atoms. The van der Waals surface area contributed by atoms with E-state index in [0.29, 0.717) is 11.4 Å². The number of fused-ring (bicyclic) bond motifs is 6. The molecule has 9 rings (SSSR count). The first-order chi connectivity index (χ1) is 23.7. The highest BCUT2D eigenvalue weighted by molar-refractivity contribution is 6.12. The second-order valence-corrected chi connectivity index (χ2v) is 12.0. The molecular formula is C44H26N4. The van der Waals surface area contributed by atoms with Gasteiger partial charge in [0, 0.05) is 21.8 Å². The number of aromatic nitrogens is 2. The molecule has 222 valence electrons. The van der Waals surface area contributed by atoms with Crippen LogP contribution in [0.2, 0.25) is 0 Å². The van der Waals surface area contributed by atoms with Gasteiger partial charge in [-0.1, -0.05) is 103 Å². The Labute approximate surface area is 277 Å². The van der Waals surface area contributed by atoms with Gasteiger partial charge in [0.15, 0.2) is 5.69 Å². The van der Waals surface area contributed by atoms with E-state index in [4.69, 9.17) is 13.1 Å². The first-order valence-corrected chi connectivity index (χ1v) is 15.8. The van der Waals surface area contributed by atoms with Gasteiger partial charge in [0.05, 0.1) is 40.9 Å². The molecule has 0 aliphatic rings. The molecule has 0 spiro atoms. The minimum absolute atomic E-state index is 0.574. The zero-order chi connectivity index (χ0) is 32.2. The van der Waals surface area contributed by atoms with Gasteiger partial charge in [-0.15, -0.1) is 0 Å². The maximum Gasteiger partial charge on any atom is 0.211 e. The Balaban J connectivity index is 1.25. The van der Waals surface area contributed by atoms with Crippen LogP contribution in [0.15, 0.2) is 158 Å². The molecule has 2 heterocycles. The van der Waals surface area contributed by atoms with E-state index in [9.17, 15) is 0 Å². The maximum absolute atomic E-state index is 8.18. The molecule has 0 radical (unpaired) electrons. The van der Waals surface area contributed by atoms with Crippen LogP contribution in [-0.2, 0) is 0 Å². The van der Waals surface area contributed by atoms with Crippen molar-refractivity contribution in [1.29, 1.82) is 0 Å². The minimum atomic E-state index is 0.574. The highest BCUT2D eigenvalue weighted by Gasteiger charge is 2.20. The standard InChI is InChI=1S/C44H26N4/c1-45-32-23-25-43-38(28-32)36-17-7-9-21-41(36)48(43)44-34(18-11-19-39(44)46-2)31-13-10-12-29(26-31)30-22-24-42-37(27-30)35-16-6-8-20-40(35)47(42)33-14-4-3-5-15-33/h3-28H. The van der Waals surface area contributed by atoms with Gasteiger partial charge in [-0.2, -0.15) is 0 Å². The summed E-state index contributed by atoms with van der Waals surface area (Å²) in [4.78, 5) is 7.70. The largest absolute Gasteiger partial charge is 0.318 e. The number of nitrogens with zero attached hydrogens (tertiary/aromatic N) is 4. The molecule has 4 heteroatoms.